The molecule has 1 N–H and O–H groups in total. The lowest BCUT2D eigenvalue weighted by atomic mass is 10.4. The van der Waals surface area contributed by atoms with Crippen LogP contribution in [0.1, 0.15) is 5.69 Å². The average Bonchev–Trinajstić information content (AvgIpc) is 2.94. The van der Waals surface area contributed by atoms with E-state index < -0.39 is 22.5 Å². The molecule has 0 spiro atoms. The van der Waals surface area contributed by atoms with Crippen molar-refractivity contribution in [2.75, 3.05) is 18.4 Å². The summed E-state index contributed by atoms with van der Waals surface area (Å²) in [7, 11) is -4.03. The summed E-state index contributed by atoms with van der Waals surface area (Å²) in [5.74, 6) is -0.516. The fourth-order valence-corrected chi connectivity index (χ4v) is 4.74. The molecule has 0 saturated carbocycles. The number of benzene rings is 1. The molecule has 0 bridgehead atoms. The molecule has 0 radical (unpaired) electrons. The predicted octanol–water partition coefficient (Wildman–Crippen LogP) is 3.57. The van der Waals surface area contributed by atoms with E-state index in [0.717, 1.165) is 10.00 Å². The summed E-state index contributed by atoms with van der Waals surface area (Å²) < 4.78 is 26.6. The molecular formula is C15H15Cl2N3O3S2. The van der Waals surface area contributed by atoms with E-state index in [4.69, 9.17) is 23.2 Å². The van der Waals surface area contributed by atoms with Crippen LogP contribution in [0.3, 0.4) is 0 Å². The molecule has 0 unspecified atom stereocenters. The Balaban J connectivity index is 2.25. The third kappa shape index (κ3) is 5.02. The molecule has 0 aliphatic carbocycles. The molecule has 0 aliphatic rings. The van der Waals surface area contributed by atoms with Gasteiger partial charge in [0.05, 0.1) is 17.3 Å². The Bertz CT molecular complexity index is 897. The van der Waals surface area contributed by atoms with Gasteiger partial charge < -0.3 is 5.32 Å². The first-order valence-electron chi connectivity index (χ1n) is 7.02. The first-order chi connectivity index (χ1) is 11.7. The maximum Gasteiger partial charge on any atom is 0.245 e. The zero-order valence-corrected chi connectivity index (χ0v) is 16.3. The number of hydrogen-bond donors (Lipinski definition) is 1. The number of carbonyl (C=O) groups excluding carboxylic acids is 1. The zero-order chi connectivity index (χ0) is 18.6. The highest BCUT2D eigenvalue weighted by Crippen LogP contribution is 2.27. The van der Waals surface area contributed by atoms with Crippen LogP contribution in [0.2, 0.25) is 10.0 Å². The van der Waals surface area contributed by atoms with E-state index in [9.17, 15) is 13.2 Å². The summed E-state index contributed by atoms with van der Waals surface area (Å²) in [6, 6.07) is 4.12. The number of rotatable bonds is 7. The number of carbonyl (C=O) groups is 1. The molecule has 1 amide bonds. The summed E-state index contributed by atoms with van der Waals surface area (Å²) >= 11 is 13.1. The topological polar surface area (TPSA) is 79.4 Å². The number of thiazole rings is 1. The molecule has 1 heterocycles. The molecule has 2 rings (SSSR count). The zero-order valence-electron chi connectivity index (χ0n) is 13.2. The highest BCUT2D eigenvalue weighted by Gasteiger charge is 2.28. The van der Waals surface area contributed by atoms with Gasteiger partial charge in [-0.1, -0.05) is 29.3 Å². The molecule has 0 aliphatic heterocycles. The Morgan fingerprint density at radius 1 is 1.44 bits per heavy atom. The Labute approximate surface area is 160 Å². The monoisotopic (exact) mass is 419 g/mol. The maximum atomic E-state index is 12.8. The number of hydrogen-bond acceptors (Lipinski definition) is 5. The molecule has 1 aromatic carbocycles. The van der Waals surface area contributed by atoms with Crippen LogP contribution in [0.25, 0.3) is 0 Å². The number of amides is 1. The van der Waals surface area contributed by atoms with Gasteiger partial charge in [-0.3, -0.25) is 4.79 Å². The second-order valence-electron chi connectivity index (χ2n) is 5.00. The minimum Gasteiger partial charge on any atom is -0.301 e. The van der Waals surface area contributed by atoms with Crippen LogP contribution in [0, 0.1) is 6.92 Å². The van der Waals surface area contributed by atoms with E-state index >= 15 is 0 Å². The number of aromatic nitrogens is 1. The second kappa shape index (κ2) is 8.29. The summed E-state index contributed by atoms with van der Waals surface area (Å²) in [6.45, 7) is 4.86. The van der Waals surface area contributed by atoms with E-state index in [2.05, 4.69) is 16.9 Å². The Morgan fingerprint density at radius 3 is 2.76 bits per heavy atom. The molecular weight excluding hydrogens is 405 g/mol. The molecule has 134 valence electrons. The summed E-state index contributed by atoms with van der Waals surface area (Å²) in [5.41, 5.74) is 0.765. The fraction of sp³-hybridized carbons (Fsp3) is 0.200. The highest BCUT2D eigenvalue weighted by molar-refractivity contribution is 7.89. The number of halogens is 2. The molecule has 0 atom stereocenters. The van der Waals surface area contributed by atoms with Gasteiger partial charge in [-0.2, -0.15) is 4.31 Å². The molecule has 6 nitrogen and oxygen atoms in total. The number of nitrogens with zero attached hydrogens (tertiary/aromatic N) is 2. The van der Waals surface area contributed by atoms with Gasteiger partial charge in [0.15, 0.2) is 5.13 Å². The second-order valence-corrected chi connectivity index (χ2v) is 8.61. The third-order valence-electron chi connectivity index (χ3n) is 3.03. The number of anilines is 1. The maximum absolute atomic E-state index is 12.8. The Morgan fingerprint density at radius 2 is 2.16 bits per heavy atom. The average molecular weight is 420 g/mol. The van der Waals surface area contributed by atoms with E-state index in [0.29, 0.717) is 5.13 Å². The van der Waals surface area contributed by atoms with Crippen molar-refractivity contribution in [1.29, 1.82) is 0 Å². The minimum atomic E-state index is -4.03. The van der Waals surface area contributed by atoms with Gasteiger partial charge in [0, 0.05) is 16.9 Å². The van der Waals surface area contributed by atoms with Gasteiger partial charge in [-0.05, 0) is 25.1 Å². The smallest absolute Gasteiger partial charge is 0.245 e. The predicted molar refractivity (Wildman–Crippen MR) is 101 cm³/mol. The standard InChI is InChI=1S/C15H15Cl2N3O3S2/c1-3-6-20(8-14(21)19-15-18-10(2)9-24-15)25(22,23)13-7-11(16)4-5-12(13)17/h3-5,7,9H,1,6,8H2,2H3,(H,18,19,21). The summed E-state index contributed by atoms with van der Waals surface area (Å²) in [5, 5.41) is 5.00. The van der Waals surface area contributed by atoms with Gasteiger partial charge in [0.2, 0.25) is 15.9 Å². The van der Waals surface area contributed by atoms with Crippen LogP contribution in [-0.4, -0.2) is 36.7 Å². The summed E-state index contributed by atoms with van der Waals surface area (Å²) in [6.07, 6.45) is 1.39. The lowest BCUT2D eigenvalue weighted by Gasteiger charge is -2.20. The van der Waals surface area contributed by atoms with Crippen molar-refractivity contribution in [3.8, 4) is 0 Å². The first-order valence-corrected chi connectivity index (χ1v) is 10.1. The quantitative estimate of drug-likeness (QED) is 0.695. The third-order valence-corrected chi connectivity index (χ3v) is 6.43. The largest absolute Gasteiger partial charge is 0.301 e. The Kier molecular flexibility index (Phi) is 6.59. The van der Waals surface area contributed by atoms with E-state index in [1.54, 1.807) is 12.3 Å². The Hall–Kier alpha value is -1.45. The van der Waals surface area contributed by atoms with Crippen LogP contribution in [0.4, 0.5) is 5.13 Å². The van der Waals surface area contributed by atoms with Crippen molar-refractivity contribution in [1.82, 2.24) is 9.29 Å². The molecule has 1 aromatic heterocycles. The van der Waals surface area contributed by atoms with Crippen LogP contribution in [0.5, 0.6) is 0 Å². The first kappa shape index (κ1) is 19.9. The van der Waals surface area contributed by atoms with Gasteiger partial charge in [0.25, 0.3) is 0 Å². The fourth-order valence-electron chi connectivity index (χ4n) is 1.94. The molecule has 2 aromatic rings. The van der Waals surface area contributed by atoms with E-state index in [-0.39, 0.29) is 21.5 Å². The van der Waals surface area contributed by atoms with Gasteiger partial charge >= 0.3 is 0 Å². The van der Waals surface area contributed by atoms with E-state index in [1.165, 1.54) is 35.6 Å². The van der Waals surface area contributed by atoms with Crippen molar-refractivity contribution in [3.63, 3.8) is 0 Å². The number of aryl methyl sites for hydroxylation is 1. The van der Waals surface area contributed by atoms with Crippen molar-refractivity contribution in [2.45, 2.75) is 11.8 Å². The highest BCUT2D eigenvalue weighted by atomic mass is 35.5. The lowest BCUT2D eigenvalue weighted by Crippen LogP contribution is -2.38. The van der Waals surface area contributed by atoms with Crippen LogP contribution >= 0.6 is 34.5 Å². The van der Waals surface area contributed by atoms with Gasteiger partial charge in [0.1, 0.15) is 4.90 Å². The number of nitrogens with one attached hydrogen (secondary N) is 1. The van der Waals surface area contributed by atoms with Crippen molar-refractivity contribution < 1.29 is 13.2 Å². The van der Waals surface area contributed by atoms with Gasteiger partial charge in [-0.15, -0.1) is 17.9 Å². The molecule has 0 saturated heterocycles. The molecule has 25 heavy (non-hydrogen) atoms. The SMILES string of the molecule is C=CCN(CC(=O)Nc1nc(C)cs1)S(=O)(=O)c1cc(Cl)ccc1Cl. The molecule has 10 heteroatoms. The summed E-state index contributed by atoms with van der Waals surface area (Å²) in [4.78, 5) is 16.1. The van der Waals surface area contributed by atoms with Crippen molar-refractivity contribution in [2.24, 2.45) is 0 Å². The van der Waals surface area contributed by atoms with Crippen LogP contribution in [-0.2, 0) is 14.8 Å². The molecule has 0 fully saturated rings. The van der Waals surface area contributed by atoms with Crippen LogP contribution < -0.4 is 5.32 Å². The van der Waals surface area contributed by atoms with Crippen molar-refractivity contribution in [3.05, 3.63) is 52.0 Å². The van der Waals surface area contributed by atoms with Crippen molar-refractivity contribution >= 4 is 55.6 Å². The van der Waals surface area contributed by atoms with Crippen LogP contribution in [0.15, 0.2) is 41.1 Å². The minimum absolute atomic E-state index is 0.0226. The normalized spacial score (nSPS) is 11.5. The number of sulfonamides is 1. The van der Waals surface area contributed by atoms with E-state index in [1.807, 2.05) is 0 Å². The van der Waals surface area contributed by atoms with Gasteiger partial charge in [-0.25, -0.2) is 13.4 Å². The lowest BCUT2D eigenvalue weighted by molar-refractivity contribution is -0.116.